The van der Waals surface area contributed by atoms with Crippen LogP contribution in [0.15, 0.2) is 0 Å². The molecule has 336 valence electrons. The smallest absolute Gasteiger partial charge is 0.0533 e. The third-order valence-electron chi connectivity index (χ3n) is 11.4. The fourth-order valence-electron chi connectivity index (χ4n) is 7.72. The van der Waals surface area contributed by atoms with Gasteiger partial charge in [-0.15, -0.1) is 0 Å². The van der Waals surface area contributed by atoms with E-state index in [4.69, 9.17) is 0 Å². The Balaban J connectivity index is -0.000000199. The van der Waals surface area contributed by atoms with E-state index in [-0.39, 0.29) is 29.7 Å². The Morgan fingerprint density at radius 2 is 0.167 bits per heavy atom. The van der Waals surface area contributed by atoms with Crippen molar-refractivity contribution in [3.8, 4) is 0 Å². The van der Waals surface area contributed by atoms with Crippen LogP contribution in [0.1, 0.15) is 353 Å². The quantitative estimate of drug-likeness (QED) is 0.0542. The molecule has 0 aliphatic heterocycles. The fraction of sp³-hybridized carbons (Fsp3) is 1.00. The van der Waals surface area contributed by atoms with E-state index in [1.807, 2.05) is 0 Å². The molecule has 0 rings (SSSR count). The largest absolute Gasteiger partial charge is 0.0776 e. The zero-order valence-electron chi connectivity index (χ0n) is 36.5. The van der Waals surface area contributed by atoms with Crippen molar-refractivity contribution < 1.29 is 0 Å². The first-order valence-corrected chi connectivity index (χ1v) is 24.8. The Bertz CT molecular complexity index is 418. The third kappa shape index (κ3) is 69.9. The zero-order valence-corrected chi connectivity index (χ0v) is 36.5. The molecule has 0 heterocycles. The first kappa shape index (κ1) is 65.8. The Hall–Kier alpha value is 0. The normalized spacial score (nSPS) is 10.4. The monoisotopic (exact) mass is 769 g/mol. The molecule has 0 bridgehead atoms. The number of unbranched alkanes of at least 4 members (excludes halogenated alkanes) is 44. The first-order valence-electron chi connectivity index (χ1n) is 24.8. The van der Waals surface area contributed by atoms with Gasteiger partial charge in [-0.25, -0.2) is 0 Å². The van der Waals surface area contributed by atoms with Gasteiger partial charge in [0.1, 0.15) is 0 Å². The summed E-state index contributed by atoms with van der Waals surface area (Å²) >= 11 is 0. The van der Waals surface area contributed by atoms with Crippen LogP contribution >= 0.6 is 0 Å². The van der Waals surface area contributed by atoms with Crippen molar-refractivity contribution in [2.24, 2.45) is 0 Å². The lowest BCUT2D eigenvalue weighted by molar-refractivity contribution is 0.519. The Kier molecular flexibility index (Phi) is 82.6. The van der Waals surface area contributed by atoms with Crippen molar-refractivity contribution in [2.75, 3.05) is 0 Å². The van der Waals surface area contributed by atoms with E-state index in [0.29, 0.717) is 0 Å². The minimum atomic E-state index is 0. The van der Waals surface area contributed by atoms with Crippen LogP contribution < -0.4 is 0 Å². The standard InChI is InChI=1S/2C25H52.4CH4/c2*1-3-5-7-9-11-13-15-17-19-21-23-25-24-22-20-18-16-14-12-10-8-6-4-2;;;;/h2*3-25H2,1-2H3;4*1H4. The molecule has 0 aromatic heterocycles. The van der Waals surface area contributed by atoms with Gasteiger partial charge in [-0.05, 0) is 0 Å². The van der Waals surface area contributed by atoms with E-state index in [2.05, 4.69) is 27.7 Å². The molecule has 0 spiro atoms. The molecule has 0 saturated carbocycles. The predicted octanol–water partition coefficient (Wildman–Crippen LogP) is 22.5. The molecular formula is C54H120. The van der Waals surface area contributed by atoms with Gasteiger partial charge in [0.05, 0.1) is 0 Å². The van der Waals surface area contributed by atoms with E-state index >= 15 is 0 Å². The van der Waals surface area contributed by atoms with Crippen LogP contribution in [-0.4, -0.2) is 0 Å². The number of hydrogen-bond donors (Lipinski definition) is 0. The summed E-state index contributed by atoms with van der Waals surface area (Å²) in [6.07, 6.45) is 67.8. The van der Waals surface area contributed by atoms with Gasteiger partial charge < -0.3 is 0 Å². The summed E-state index contributed by atoms with van der Waals surface area (Å²) in [5.74, 6) is 0. The van der Waals surface area contributed by atoms with Crippen molar-refractivity contribution in [1.82, 2.24) is 0 Å². The second kappa shape index (κ2) is 67.7. The minimum absolute atomic E-state index is 0. The van der Waals surface area contributed by atoms with Gasteiger partial charge in [-0.1, -0.05) is 353 Å². The molecule has 0 saturated heterocycles. The number of rotatable bonds is 44. The Labute approximate surface area is 351 Å². The van der Waals surface area contributed by atoms with Crippen LogP contribution in [0.25, 0.3) is 0 Å². The first-order chi connectivity index (χ1) is 24.8. The van der Waals surface area contributed by atoms with Gasteiger partial charge in [0.2, 0.25) is 0 Å². The summed E-state index contributed by atoms with van der Waals surface area (Å²) in [6.45, 7) is 9.21. The fourth-order valence-corrected chi connectivity index (χ4v) is 7.72. The summed E-state index contributed by atoms with van der Waals surface area (Å²) < 4.78 is 0. The molecule has 54 heavy (non-hydrogen) atoms. The van der Waals surface area contributed by atoms with Gasteiger partial charge >= 0.3 is 0 Å². The van der Waals surface area contributed by atoms with E-state index < -0.39 is 0 Å². The van der Waals surface area contributed by atoms with Gasteiger partial charge in [0, 0.05) is 0 Å². The molecule has 0 aliphatic carbocycles. The molecule has 0 aromatic carbocycles. The van der Waals surface area contributed by atoms with E-state index in [0.717, 1.165) is 0 Å². The summed E-state index contributed by atoms with van der Waals surface area (Å²) in [7, 11) is 0. The third-order valence-corrected chi connectivity index (χ3v) is 11.4. The van der Waals surface area contributed by atoms with Crippen LogP contribution in [0.2, 0.25) is 0 Å². The molecule has 0 aliphatic rings. The highest BCUT2D eigenvalue weighted by Crippen LogP contribution is 2.17. The van der Waals surface area contributed by atoms with E-state index in [1.165, 1.54) is 295 Å². The molecule has 0 heteroatoms. The van der Waals surface area contributed by atoms with Crippen LogP contribution in [0, 0.1) is 0 Å². The highest BCUT2D eigenvalue weighted by molar-refractivity contribution is 4.53. The Morgan fingerprint density at radius 1 is 0.111 bits per heavy atom. The maximum absolute atomic E-state index is 2.30. The lowest BCUT2D eigenvalue weighted by Gasteiger charge is -2.04. The van der Waals surface area contributed by atoms with Gasteiger partial charge in [0.15, 0.2) is 0 Å². The summed E-state index contributed by atoms with van der Waals surface area (Å²) in [5, 5.41) is 0. The summed E-state index contributed by atoms with van der Waals surface area (Å²) in [5.41, 5.74) is 0. The van der Waals surface area contributed by atoms with Crippen molar-refractivity contribution >= 4 is 0 Å². The maximum Gasteiger partial charge on any atom is -0.0533 e. The summed E-state index contributed by atoms with van der Waals surface area (Å²) in [4.78, 5) is 0. The molecule has 0 unspecified atom stereocenters. The lowest BCUT2D eigenvalue weighted by atomic mass is 10.0. The second-order valence-electron chi connectivity index (χ2n) is 16.8. The van der Waals surface area contributed by atoms with E-state index in [1.54, 1.807) is 0 Å². The van der Waals surface area contributed by atoms with Gasteiger partial charge in [-0.2, -0.15) is 0 Å². The molecule has 0 amide bonds. The van der Waals surface area contributed by atoms with Crippen LogP contribution in [0.3, 0.4) is 0 Å². The summed E-state index contributed by atoms with van der Waals surface area (Å²) in [6, 6.07) is 0. The number of hydrogen-bond acceptors (Lipinski definition) is 0. The van der Waals surface area contributed by atoms with Gasteiger partial charge in [-0.3, -0.25) is 0 Å². The highest BCUT2D eigenvalue weighted by Gasteiger charge is 1.97. The maximum atomic E-state index is 2.30. The van der Waals surface area contributed by atoms with Crippen molar-refractivity contribution in [3.05, 3.63) is 0 Å². The average molecular weight is 770 g/mol. The zero-order chi connectivity index (χ0) is 36.5. The molecule has 0 radical (unpaired) electrons. The molecule has 0 N–H and O–H groups in total. The molecule has 0 atom stereocenters. The van der Waals surface area contributed by atoms with Crippen molar-refractivity contribution in [3.63, 3.8) is 0 Å². The topological polar surface area (TPSA) is 0 Å². The molecule has 0 aromatic rings. The minimum Gasteiger partial charge on any atom is -0.0776 e. The Morgan fingerprint density at radius 3 is 0.222 bits per heavy atom. The van der Waals surface area contributed by atoms with Crippen LogP contribution in [0.4, 0.5) is 0 Å². The van der Waals surface area contributed by atoms with Crippen LogP contribution in [0.5, 0.6) is 0 Å². The molecule has 0 nitrogen and oxygen atoms in total. The second-order valence-corrected chi connectivity index (χ2v) is 16.8. The highest BCUT2D eigenvalue weighted by atomic mass is 14.0. The lowest BCUT2D eigenvalue weighted by Crippen LogP contribution is -1.84. The van der Waals surface area contributed by atoms with Crippen LogP contribution in [-0.2, 0) is 0 Å². The van der Waals surface area contributed by atoms with Gasteiger partial charge in [0.25, 0.3) is 0 Å². The molecular weight excluding hydrogens is 649 g/mol. The average Bonchev–Trinajstić information content (AvgIpc) is 3.13. The van der Waals surface area contributed by atoms with E-state index in [9.17, 15) is 0 Å². The molecule has 0 fully saturated rings. The van der Waals surface area contributed by atoms with Crippen molar-refractivity contribution in [1.29, 1.82) is 0 Å². The SMILES string of the molecule is C.C.C.C.CCCCCCCCCCCCCCCCCCCCCCCCC.CCCCCCCCCCCCCCCCCCCCCCCCC. The van der Waals surface area contributed by atoms with Crippen molar-refractivity contribution in [2.45, 2.75) is 353 Å². The predicted molar refractivity (Wildman–Crippen MR) is 262 cm³/mol.